The van der Waals surface area contributed by atoms with Gasteiger partial charge >= 0.3 is 12.0 Å². The summed E-state index contributed by atoms with van der Waals surface area (Å²) in [5.41, 5.74) is 4.05. The fourth-order valence-electron chi connectivity index (χ4n) is 5.38. The Hall–Kier alpha value is -3.80. The molecule has 0 aromatic heterocycles. The number of hydrogen-bond acceptors (Lipinski definition) is 8. The molecule has 0 saturated carbocycles. The molecular weight excluding hydrogens is 550 g/mol. The summed E-state index contributed by atoms with van der Waals surface area (Å²) >= 11 is 0. The number of amides is 2. The molecule has 10 nitrogen and oxygen atoms in total. The van der Waals surface area contributed by atoms with Gasteiger partial charge in [-0.2, -0.15) is 0 Å². The zero-order valence-electron chi connectivity index (χ0n) is 24.3. The van der Waals surface area contributed by atoms with Crippen molar-refractivity contribution >= 4 is 17.7 Å². The highest BCUT2D eigenvalue weighted by molar-refractivity contribution is 5.92. The number of hydrogen-bond donors (Lipinski definition) is 3. The first kappa shape index (κ1) is 30.7. The van der Waals surface area contributed by atoms with Crippen LogP contribution in [0.5, 0.6) is 0 Å². The van der Waals surface area contributed by atoms with E-state index in [2.05, 4.69) is 15.5 Å². The number of aliphatic hydroxyl groups excluding tert-OH is 1. The number of ether oxygens (including phenoxy) is 4. The van der Waals surface area contributed by atoms with Crippen molar-refractivity contribution < 1.29 is 33.6 Å². The average Bonchev–Trinajstić information content (AvgIpc) is 3.05. The van der Waals surface area contributed by atoms with Gasteiger partial charge in [0.25, 0.3) is 0 Å². The topological polar surface area (TPSA) is 119 Å². The van der Waals surface area contributed by atoms with Gasteiger partial charge in [0, 0.05) is 43.7 Å². The number of esters is 1. The molecule has 2 saturated heterocycles. The van der Waals surface area contributed by atoms with Crippen LogP contribution in [0.15, 0.2) is 78.9 Å². The Morgan fingerprint density at radius 1 is 0.953 bits per heavy atom. The lowest BCUT2D eigenvalue weighted by Crippen LogP contribution is -2.45. The van der Waals surface area contributed by atoms with Gasteiger partial charge in [0.2, 0.25) is 0 Å². The van der Waals surface area contributed by atoms with Crippen LogP contribution in [0.1, 0.15) is 41.1 Å². The Labute approximate surface area is 251 Å². The maximum absolute atomic E-state index is 13.0. The van der Waals surface area contributed by atoms with E-state index >= 15 is 0 Å². The summed E-state index contributed by atoms with van der Waals surface area (Å²) < 4.78 is 23.4. The van der Waals surface area contributed by atoms with Crippen molar-refractivity contribution in [3.63, 3.8) is 0 Å². The molecule has 0 aliphatic carbocycles. The normalized spacial score (nSPS) is 21.5. The fraction of sp³-hybridized carbons (Fsp3) is 0.394. The first-order chi connectivity index (χ1) is 21.0. The number of rotatable bonds is 10. The van der Waals surface area contributed by atoms with Crippen molar-refractivity contribution in [2.45, 2.75) is 44.0 Å². The summed E-state index contributed by atoms with van der Waals surface area (Å²) in [7, 11) is 1.30. The third-order valence-electron chi connectivity index (χ3n) is 7.67. The number of nitrogens with zero attached hydrogens (tertiary/aromatic N) is 1. The number of morpholine rings is 1. The number of carbonyl (C=O) groups excluding carboxylic acids is 2. The van der Waals surface area contributed by atoms with Crippen LogP contribution in [0.2, 0.25) is 0 Å². The number of carbonyl (C=O) groups is 2. The lowest BCUT2D eigenvalue weighted by Gasteiger charge is -2.39. The highest BCUT2D eigenvalue weighted by Crippen LogP contribution is 2.38. The Balaban J connectivity index is 1.29. The van der Waals surface area contributed by atoms with Gasteiger partial charge in [-0.3, -0.25) is 4.90 Å². The number of anilines is 1. The maximum Gasteiger partial charge on any atom is 0.328 e. The Morgan fingerprint density at radius 2 is 1.72 bits per heavy atom. The summed E-state index contributed by atoms with van der Waals surface area (Å²) in [5.74, 6) is -0.527. The van der Waals surface area contributed by atoms with Crippen LogP contribution in [0.3, 0.4) is 0 Å². The summed E-state index contributed by atoms with van der Waals surface area (Å²) in [4.78, 5) is 27.7. The monoisotopic (exact) mass is 589 g/mol. The fourth-order valence-corrected chi connectivity index (χ4v) is 5.38. The highest BCUT2D eigenvalue weighted by atomic mass is 16.7. The predicted molar refractivity (Wildman–Crippen MR) is 160 cm³/mol. The summed E-state index contributed by atoms with van der Waals surface area (Å²) in [6.07, 6.45) is 0.0289. The molecule has 2 heterocycles. The first-order valence-corrected chi connectivity index (χ1v) is 14.6. The second-order valence-corrected chi connectivity index (χ2v) is 10.8. The van der Waals surface area contributed by atoms with Gasteiger partial charge < -0.3 is 34.7 Å². The largest absolute Gasteiger partial charge is 0.467 e. The quantitative estimate of drug-likeness (QED) is 0.304. The van der Waals surface area contributed by atoms with Crippen molar-refractivity contribution in [3.8, 4) is 0 Å². The SMILES string of the molecule is COC(=O)[C@H](Cc1ccccc1)NC(=O)Nc1cccc([C@H]2O[C@@H](CN3CCOCC3)C[C@@H](c3ccc(CO)cc3)O2)c1. The summed E-state index contributed by atoms with van der Waals surface area (Å²) in [6.45, 7) is 3.86. The molecule has 0 radical (unpaired) electrons. The molecule has 3 aromatic carbocycles. The van der Waals surface area contributed by atoms with E-state index in [-0.39, 0.29) is 18.8 Å². The molecular formula is C33H39N3O7. The Morgan fingerprint density at radius 3 is 2.44 bits per heavy atom. The van der Waals surface area contributed by atoms with E-state index in [0.29, 0.717) is 31.7 Å². The lowest BCUT2D eigenvalue weighted by atomic mass is 9.99. The molecule has 0 spiro atoms. The zero-order chi connectivity index (χ0) is 30.0. The minimum atomic E-state index is -0.848. The zero-order valence-corrected chi connectivity index (χ0v) is 24.3. The summed E-state index contributed by atoms with van der Waals surface area (Å²) in [5, 5.41) is 15.0. The van der Waals surface area contributed by atoms with Gasteiger partial charge in [-0.1, -0.05) is 66.7 Å². The smallest absolute Gasteiger partial charge is 0.328 e. The van der Waals surface area contributed by atoms with E-state index in [0.717, 1.165) is 41.9 Å². The van der Waals surface area contributed by atoms with Gasteiger partial charge in [0.05, 0.1) is 39.1 Å². The number of urea groups is 1. The molecule has 2 aliphatic heterocycles. The number of aliphatic hydroxyl groups is 1. The molecule has 5 rings (SSSR count). The van der Waals surface area contributed by atoms with Crippen LogP contribution in [-0.2, 0) is 36.8 Å². The molecule has 10 heteroatoms. The Kier molecular flexibility index (Phi) is 10.8. The second kappa shape index (κ2) is 15.1. The Bertz CT molecular complexity index is 1330. The van der Waals surface area contributed by atoms with Gasteiger partial charge in [0.15, 0.2) is 6.29 Å². The average molecular weight is 590 g/mol. The minimum Gasteiger partial charge on any atom is -0.467 e. The molecule has 228 valence electrons. The molecule has 2 amide bonds. The van der Waals surface area contributed by atoms with Gasteiger partial charge in [0.1, 0.15) is 6.04 Å². The van der Waals surface area contributed by atoms with Crippen LogP contribution in [-0.4, -0.2) is 74.1 Å². The molecule has 3 N–H and O–H groups in total. The molecule has 2 aliphatic rings. The number of methoxy groups -OCH3 is 1. The van der Waals surface area contributed by atoms with E-state index in [1.165, 1.54) is 7.11 Å². The molecule has 4 atom stereocenters. The molecule has 3 aromatic rings. The predicted octanol–water partition coefficient (Wildman–Crippen LogP) is 3.96. The van der Waals surface area contributed by atoms with E-state index in [1.807, 2.05) is 72.8 Å². The van der Waals surface area contributed by atoms with Crippen LogP contribution in [0.4, 0.5) is 10.5 Å². The third kappa shape index (κ3) is 8.62. The van der Waals surface area contributed by atoms with Gasteiger partial charge in [-0.25, -0.2) is 9.59 Å². The van der Waals surface area contributed by atoms with E-state index in [1.54, 1.807) is 6.07 Å². The van der Waals surface area contributed by atoms with Crippen molar-refractivity contribution in [2.24, 2.45) is 0 Å². The van der Waals surface area contributed by atoms with Crippen molar-refractivity contribution in [1.82, 2.24) is 10.2 Å². The number of nitrogens with one attached hydrogen (secondary N) is 2. The molecule has 2 fully saturated rings. The van der Waals surface area contributed by atoms with Crippen LogP contribution >= 0.6 is 0 Å². The van der Waals surface area contributed by atoms with Crippen LogP contribution in [0.25, 0.3) is 0 Å². The van der Waals surface area contributed by atoms with Crippen molar-refractivity contribution in [3.05, 3.63) is 101 Å². The molecule has 0 unspecified atom stereocenters. The standard InChI is InChI=1S/C33H39N3O7/c1-40-31(38)29(18-23-6-3-2-4-7-23)35-33(39)34-27-9-5-8-26(19-27)32-42-28(21-36-14-16-41-17-15-36)20-30(43-32)25-12-10-24(22-37)11-13-25/h2-13,19,28-30,32,37H,14-18,20-22H2,1H3,(H2,34,35,39)/t28-,29+,30+,32+/m1/s1. The summed E-state index contributed by atoms with van der Waals surface area (Å²) in [6, 6.07) is 23.2. The van der Waals surface area contributed by atoms with Crippen LogP contribution in [0, 0.1) is 0 Å². The maximum atomic E-state index is 13.0. The first-order valence-electron chi connectivity index (χ1n) is 14.6. The van der Waals surface area contributed by atoms with E-state index in [4.69, 9.17) is 18.9 Å². The number of benzene rings is 3. The molecule has 43 heavy (non-hydrogen) atoms. The minimum absolute atomic E-state index is 0.0167. The van der Waals surface area contributed by atoms with Crippen LogP contribution < -0.4 is 10.6 Å². The van der Waals surface area contributed by atoms with Crippen molar-refractivity contribution in [1.29, 1.82) is 0 Å². The lowest BCUT2D eigenvalue weighted by molar-refractivity contribution is -0.253. The van der Waals surface area contributed by atoms with E-state index in [9.17, 15) is 14.7 Å². The van der Waals surface area contributed by atoms with E-state index < -0.39 is 24.3 Å². The third-order valence-corrected chi connectivity index (χ3v) is 7.67. The van der Waals surface area contributed by atoms with Crippen molar-refractivity contribution in [2.75, 3.05) is 45.3 Å². The van der Waals surface area contributed by atoms with Gasteiger partial charge in [-0.15, -0.1) is 0 Å². The highest BCUT2D eigenvalue weighted by Gasteiger charge is 2.33. The second-order valence-electron chi connectivity index (χ2n) is 10.8. The molecule has 0 bridgehead atoms. The van der Waals surface area contributed by atoms with Gasteiger partial charge in [-0.05, 0) is 28.8 Å².